The van der Waals surface area contributed by atoms with Gasteiger partial charge in [-0.2, -0.15) is 0 Å². The van der Waals surface area contributed by atoms with Crippen molar-refractivity contribution in [2.45, 2.75) is 26.2 Å². The van der Waals surface area contributed by atoms with E-state index in [9.17, 15) is 10.1 Å². The average molecular weight is 255 g/mol. The van der Waals surface area contributed by atoms with Gasteiger partial charge in [0.05, 0.1) is 10.6 Å². The monoisotopic (exact) mass is 255 g/mol. The second kappa shape index (κ2) is 4.42. The van der Waals surface area contributed by atoms with Gasteiger partial charge in [0.25, 0.3) is 5.69 Å². The van der Waals surface area contributed by atoms with Crippen LogP contribution in [0.4, 0.5) is 5.69 Å². The molecule has 96 valence electrons. The van der Waals surface area contributed by atoms with E-state index >= 15 is 0 Å². The first-order valence-electron chi connectivity index (χ1n) is 6.25. The van der Waals surface area contributed by atoms with Gasteiger partial charge in [-0.3, -0.25) is 10.1 Å². The Kier molecular flexibility index (Phi) is 2.74. The Hall–Kier alpha value is -2.30. The molecular formula is C14H13N3O2. The number of aromatic nitrogens is 2. The molecule has 1 aromatic heterocycles. The molecule has 2 aromatic rings. The highest BCUT2D eigenvalue weighted by atomic mass is 16.6. The van der Waals surface area contributed by atoms with Crippen molar-refractivity contribution in [3.05, 3.63) is 51.5 Å². The van der Waals surface area contributed by atoms with Gasteiger partial charge in [-0.25, -0.2) is 9.97 Å². The van der Waals surface area contributed by atoms with Crippen molar-refractivity contribution in [3.8, 4) is 11.3 Å². The van der Waals surface area contributed by atoms with E-state index in [1.165, 1.54) is 11.6 Å². The molecule has 0 amide bonds. The second-order valence-corrected chi connectivity index (χ2v) is 4.76. The van der Waals surface area contributed by atoms with Crippen molar-refractivity contribution in [2.24, 2.45) is 0 Å². The molecule has 0 saturated carbocycles. The number of benzene rings is 1. The Morgan fingerprint density at radius 2 is 2.11 bits per heavy atom. The van der Waals surface area contributed by atoms with Gasteiger partial charge in [-0.05, 0) is 37.8 Å². The van der Waals surface area contributed by atoms with Gasteiger partial charge in [-0.15, -0.1) is 0 Å². The van der Waals surface area contributed by atoms with Crippen LogP contribution in [-0.2, 0) is 12.8 Å². The summed E-state index contributed by atoms with van der Waals surface area (Å²) in [4.78, 5) is 19.1. The summed E-state index contributed by atoms with van der Waals surface area (Å²) >= 11 is 0. The van der Waals surface area contributed by atoms with Crippen molar-refractivity contribution in [2.75, 3.05) is 0 Å². The lowest BCUT2D eigenvalue weighted by molar-refractivity contribution is -0.384. The van der Waals surface area contributed by atoms with Crippen LogP contribution in [0.1, 0.15) is 23.2 Å². The maximum absolute atomic E-state index is 10.8. The molecule has 0 spiro atoms. The van der Waals surface area contributed by atoms with Gasteiger partial charge in [0.2, 0.25) is 0 Å². The number of hydrogen-bond donors (Lipinski definition) is 0. The molecule has 0 N–H and O–H groups in total. The fourth-order valence-corrected chi connectivity index (χ4v) is 2.62. The fraction of sp³-hybridized carbons (Fsp3) is 0.286. The van der Waals surface area contributed by atoms with Crippen LogP contribution in [-0.4, -0.2) is 14.9 Å². The summed E-state index contributed by atoms with van der Waals surface area (Å²) in [6.07, 6.45) is 4.67. The summed E-state index contributed by atoms with van der Waals surface area (Å²) in [7, 11) is 0. The number of nitro groups is 1. The maximum Gasteiger partial charge on any atom is 0.269 e. The minimum Gasteiger partial charge on any atom is -0.258 e. The maximum atomic E-state index is 10.8. The topological polar surface area (TPSA) is 68.9 Å². The van der Waals surface area contributed by atoms with Crippen molar-refractivity contribution in [1.29, 1.82) is 0 Å². The van der Waals surface area contributed by atoms with Crippen LogP contribution in [0.15, 0.2) is 24.5 Å². The highest BCUT2D eigenvalue weighted by molar-refractivity contribution is 5.69. The zero-order valence-electron chi connectivity index (χ0n) is 10.6. The fourth-order valence-electron chi connectivity index (χ4n) is 2.62. The molecule has 0 saturated heterocycles. The predicted octanol–water partition coefficient (Wildman–Crippen LogP) is 2.85. The molecule has 1 heterocycles. The van der Waals surface area contributed by atoms with Crippen LogP contribution in [0.5, 0.6) is 0 Å². The van der Waals surface area contributed by atoms with Crippen LogP contribution < -0.4 is 0 Å². The minimum atomic E-state index is -0.374. The molecule has 3 rings (SSSR count). The Morgan fingerprint density at radius 3 is 2.84 bits per heavy atom. The minimum absolute atomic E-state index is 0.118. The Bertz CT molecular complexity index is 668. The number of fused-ring (bicyclic) bond motifs is 1. The first kappa shape index (κ1) is 11.8. The number of nitrogens with zero attached hydrogens (tertiary/aromatic N) is 3. The third kappa shape index (κ3) is 1.97. The molecule has 19 heavy (non-hydrogen) atoms. The number of hydrogen-bond acceptors (Lipinski definition) is 4. The van der Waals surface area contributed by atoms with E-state index in [2.05, 4.69) is 9.97 Å². The molecule has 5 heteroatoms. The predicted molar refractivity (Wildman–Crippen MR) is 70.9 cm³/mol. The van der Waals surface area contributed by atoms with E-state index in [0.717, 1.165) is 41.8 Å². The molecule has 1 aromatic carbocycles. The lowest BCUT2D eigenvalue weighted by Gasteiger charge is -2.09. The van der Waals surface area contributed by atoms with Crippen LogP contribution >= 0.6 is 0 Å². The van der Waals surface area contributed by atoms with Gasteiger partial charge in [0, 0.05) is 29.0 Å². The number of aryl methyl sites for hydroxylation is 2. The van der Waals surface area contributed by atoms with Gasteiger partial charge < -0.3 is 0 Å². The smallest absolute Gasteiger partial charge is 0.258 e. The summed E-state index contributed by atoms with van der Waals surface area (Å²) in [5.74, 6) is 0. The summed E-state index contributed by atoms with van der Waals surface area (Å²) in [6, 6.07) is 4.92. The van der Waals surface area contributed by atoms with E-state index in [1.807, 2.05) is 6.92 Å². The van der Waals surface area contributed by atoms with Gasteiger partial charge in [0.15, 0.2) is 0 Å². The lowest BCUT2D eigenvalue weighted by atomic mass is 10.0. The van der Waals surface area contributed by atoms with Crippen molar-refractivity contribution in [3.63, 3.8) is 0 Å². The van der Waals surface area contributed by atoms with E-state index < -0.39 is 0 Å². The third-order valence-corrected chi connectivity index (χ3v) is 3.55. The first-order valence-corrected chi connectivity index (χ1v) is 6.25. The standard InChI is InChI=1S/C14H13N3O2/c1-9-7-10(17(18)19)5-6-11(9)14-12-3-2-4-13(12)15-8-16-14/h5-8H,2-4H2,1H3. The Balaban J connectivity index is 2.13. The first-order chi connectivity index (χ1) is 9.16. The van der Waals surface area contributed by atoms with E-state index in [-0.39, 0.29) is 10.6 Å². The average Bonchev–Trinajstić information content (AvgIpc) is 2.86. The highest BCUT2D eigenvalue weighted by Crippen LogP contribution is 2.32. The van der Waals surface area contributed by atoms with Crippen LogP contribution in [0.3, 0.4) is 0 Å². The molecule has 0 aliphatic heterocycles. The van der Waals surface area contributed by atoms with E-state index in [1.54, 1.807) is 18.5 Å². The van der Waals surface area contributed by atoms with Crippen LogP contribution in [0.25, 0.3) is 11.3 Å². The van der Waals surface area contributed by atoms with Crippen LogP contribution in [0.2, 0.25) is 0 Å². The van der Waals surface area contributed by atoms with E-state index in [4.69, 9.17) is 0 Å². The summed E-state index contributed by atoms with van der Waals surface area (Å²) in [5.41, 5.74) is 5.19. The molecule has 0 radical (unpaired) electrons. The molecular weight excluding hydrogens is 242 g/mol. The normalized spacial score (nSPS) is 13.3. The second-order valence-electron chi connectivity index (χ2n) is 4.76. The van der Waals surface area contributed by atoms with Crippen molar-refractivity contribution < 1.29 is 4.92 Å². The van der Waals surface area contributed by atoms with Crippen LogP contribution in [0, 0.1) is 17.0 Å². The number of rotatable bonds is 2. The van der Waals surface area contributed by atoms with Gasteiger partial charge >= 0.3 is 0 Å². The SMILES string of the molecule is Cc1cc([N+](=O)[O-])ccc1-c1ncnc2c1CCC2. The Labute approximate surface area is 110 Å². The highest BCUT2D eigenvalue weighted by Gasteiger charge is 2.19. The molecule has 1 aliphatic carbocycles. The Morgan fingerprint density at radius 1 is 1.26 bits per heavy atom. The van der Waals surface area contributed by atoms with Gasteiger partial charge in [0.1, 0.15) is 6.33 Å². The van der Waals surface area contributed by atoms with E-state index in [0.29, 0.717) is 0 Å². The lowest BCUT2D eigenvalue weighted by Crippen LogP contribution is -1.98. The molecule has 0 unspecified atom stereocenters. The number of nitro benzene ring substituents is 1. The van der Waals surface area contributed by atoms with Gasteiger partial charge in [-0.1, -0.05) is 0 Å². The molecule has 0 fully saturated rings. The number of non-ortho nitro benzene ring substituents is 1. The zero-order chi connectivity index (χ0) is 13.4. The largest absolute Gasteiger partial charge is 0.269 e. The molecule has 0 bridgehead atoms. The third-order valence-electron chi connectivity index (χ3n) is 3.55. The molecule has 5 nitrogen and oxygen atoms in total. The molecule has 0 atom stereocenters. The van der Waals surface area contributed by atoms with Crippen molar-refractivity contribution >= 4 is 5.69 Å². The zero-order valence-corrected chi connectivity index (χ0v) is 10.6. The quantitative estimate of drug-likeness (QED) is 0.611. The summed E-state index contributed by atoms with van der Waals surface area (Å²) < 4.78 is 0. The summed E-state index contributed by atoms with van der Waals surface area (Å²) in [5, 5.41) is 10.8. The summed E-state index contributed by atoms with van der Waals surface area (Å²) in [6.45, 7) is 1.88. The molecule has 1 aliphatic rings. The van der Waals surface area contributed by atoms with Crippen molar-refractivity contribution in [1.82, 2.24) is 9.97 Å².